The molecule has 0 bridgehead atoms. The second-order valence-electron chi connectivity index (χ2n) is 5.32. The molecule has 0 aliphatic heterocycles. The van der Waals surface area contributed by atoms with Crippen molar-refractivity contribution in [3.8, 4) is 0 Å². The van der Waals surface area contributed by atoms with Crippen LogP contribution in [-0.4, -0.2) is 41.0 Å². The smallest absolute Gasteiger partial charge is 0.290 e. The molecule has 0 spiro atoms. The first-order valence-corrected chi connectivity index (χ1v) is 6.97. The second kappa shape index (κ2) is 7.79. The topological polar surface area (TPSA) is 71.3 Å². The summed E-state index contributed by atoms with van der Waals surface area (Å²) in [4.78, 5) is 16.7. The Morgan fingerprint density at radius 3 is 2.70 bits per heavy atom. The van der Waals surface area contributed by atoms with Gasteiger partial charge in [0.1, 0.15) is 12.0 Å². The normalized spacial score (nSPS) is 11.1. The van der Waals surface area contributed by atoms with Crippen LogP contribution in [0.1, 0.15) is 32.3 Å². The van der Waals surface area contributed by atoms with E-state index in [1.165, 1.54) is 6.20 Å². The molecule has 1 aromatic heterocycles. The standard InChI is InChI=1S/C14H24N4O2/c1-11(2)17(4)8-6-5-7-15-14-9-12(3)13(10-16-14)18(19)20/h9-11H,5-8H2,1-4H3,(H,15,16). The number of hydrogen-bond donors (Lipinski definition) is 1. The van der Waals surface area contributed by atoms with Crippen molar-refractivity contribution in [1.82, 2.24) is 9.88 Å². The van der Waals surface area contributed by atoms with Crippen molar-refractivity contribution >= 4 is 11.5 Å². The minimum atomic E-state index is -0.409. The van der Waals surface area contributed by atoms with Crippen LogP contribution in [0.15, 0.2) is 12.3 Å². The van der Waals surface area contributed by atoms with Gasteiger partial charge in [0.2, 0.25) is 0 Å². The van der Waals surface area contributed by atoms with Gasteiger partial charge in [-0.25, -0.2) is 4.98 Å². The lowest BCUT2D eigenvalue weighted by atomic mass is 10.2. The van der Waals surface area contributed by atoms with Crippen LogP contribution in [0, 0.1) is 17.0 Å². The van der Waals surface area contributed by atoms with E-state index in [4.69, 9.17) is 0 Å². The highest BCUT2D eigenvalue weighted by Gasteiger charge is 2.11. The molecule has 0 aliphatic carbocycles. The summed E-state index contributed by atoms with van der Waals surface area (Å²) < 4.78 is 0. The maximum Gasteiger partial charge on any atom is 0.290 e. The van der Waals surface area contributed by atoms with Crippen LogP contribution in [0.5, 0.6) is 0 Å². The fraction of sp³-hybridized carbons (Fsp3) is 0.643. The monoisotopic (exact) mass is 280 g/mol. The molecule has 112 valence electrons. The molecule has 0 saturated carbocycles. The van der Waals surface area contributed by atoms with Gasteiger partial charge in [-0.05, 0) is 53.3 Å². The average molecular weight is 280 g/mol. The number of aromatic nitrogens is 1. The van der Waals surface area contributed by atoms with E-state index in [-0.39, 0.29) is 5.69 Å². The van der Waals surface area contributed by atoms with E-state index in [1.807, 2.05) is 0 Å². The van der Waals surface area contributed by atoms with E-state index in [2.05, 4.69) is 36.1 Å². The molecular formula is C14H24N4O2. The highest BCUT2D eigenvalue weighted by Crippen LogP contribution is 2.18. The molecule has 0 saturated heterocycles. The predicted molar refractivity (Wildman–Crippen MR) is 81.1 cm³/mol. The van der Waals surface area contributed by atoms with Gasteiger partial charge in [-0.1, -0.05) is 0 Å². The second-order valence-corrected chi connectivity index (χ2v) is 5.32. The van der Waals surface area contributed by atoms with Gasteiger partial charge in [0.15, 0.2) is 0 Å². The molecule has 1 aromatic rings. The largest absolute Gasteiger partial charge is 0.370 e. The summed E-state index contributed by atoms with van der Waals surface area (Å²) in [5.74, 6) is 0.699. The predicted octanol–water partition coefficient (Wildman–Crippen LogP) is 2.83. The fourth-order valence-electron chi connectivity index (χ4n) is 1.80. The van der Waals surface area contributed by atoms with Gasteiger partial charge in [0.05, 0.1) is 4.92 Å². The summed E-state index contributed by atoms with van der Waals surface area (Å²) >= 11 is 0. The number of aryl methyl sites for hydroxylation is 1. The van der Waals surface area contributed by atoms with Crippen LogP contribution in [-0.2, 0) is 0 Å². The van der Waals surface area contributed by atoms with Crippen molar-refractivity contribution in [1.29, 1.82) is 0 Å². The van der Waals surface area contributed by atoms with Gasteiger partial charge in [-0.2, -0.15) is 0 Å². The molecule has 6 nitrogen and oxygen atoms in total. The first-order valence-electron chi connectivity index (χ1n) is 6.97. The molecule has 0 unspecified atom stereocenters. The molecule has 0 aromatic carbocycles. The Balaban J connectivity index is 2.32. The van der Waals surface area contributed by atoms with Crippen LogP contribution in [0.4, 0.5) is 11.5 Å². The number of nitrogens with zero attached hydrogens (tertiary/aromatic N) is 3. The van der Waals surface area contributed by atoms with E-state index in [9.17, 15) is 10.1 Å². The molecule has 1 heterocycles. The lowest BCUT2D eigenvalue weighted by Crippen LogP contribution is -2.27. The maximum absolute atomic E-state index is 10.7. The number of nitrogens with one attached hydrogen (secondary N) is 1. The van der Waals surface area contributed by atoms with Gasteiger partial charge in [0.25, 0.3) is 5.69 Å². The van der Waals surface area contributed by atoms with Crippen molar-refractivity contribution < 1.29 is 4.92 Å². The number of rotatable bonds is 8. The Labute approximate surface area is 120 Å². The molecule has 20 heavy (non-hydrogen) atoms. The Morgan fingerprint density at radius 1 is 1.45 bits per heavy atom. The SMILES string of the molecule is Cc1cc(NCCCCN(C)C(C)C)ncc1[N+](=O)[O-]. The molecule has 1 rings (SSSR count). The summed E-state index contributed by atoms with van der Waals surface area (Å²) in [6, 6.07) is 2.29. The number of unbranched alkanes of at least 4 members (excludes halogenated alkanes) is 1. The zero-order chi connectivity index (χ0) is 15.1. The third-order valence-corrected chi connectivity index (χ3v) is 3.41. The minimum absolute atomic E-state index is 0.0640. The molecule has 6 heteroatoms. The van der Waals surface area contributed by atoms with Gasteiger partial charge >= 0.3 is 0 Å². The zero-order valence-corrected chi connectivity index (χ0v) is 12.7. The summed E-state index contributed by atoms with van der Waals surface area (Å²) in [5.41, 5.74) is 0.696. The molecule has 0 fully saturated rings. The first kappa shape index (κ1) is 16.4. The molecule has 0 amide bonds. The zero-order valence-electron chi connectivity index (χ0n) is 12.7. The summed E-state index contributed by atoms with van der Waals surface area (Å²) in [5, 5.41) is 13.9. The number of pyridine rings is 1. The average Bonchev–Trinajstić information content (AvgIpc) is 2.37. The Hall–Kier alpha value is -1.69. The Morgan fingerprint density at radius 2 is 2.15 bits per heavy atom. The molecule has 0 radical (unpaired) electrons. The lowest BCUT2D eigenvalue weighted by molar-refractivity contribution is -0.385. The van der Waals surface area contributed by atoms with Gasteiger partial charge < -0.3 is 10.2 Å². The van der Waals surface area contributed by atoms with Gasteiger partial charge in [-0.3, -0.25) is 10.1 Å². The number of anilines is 1. The van der Waals surface area contributed by atoms with Crippen LogP contribution in [0.2, 0.25) is 0 Å². The van der Waals surface area contributed by atoms with Crippen LogP contribution < -0.4 is 5.32 Å². The number of hydrogen-bond acceptors (Lipinski definition) is 5. The van der Waals surface area contributed by atoms with Crippen molar-refractivity contribution in [3.05, 3.63) is 27.9 Å². The molecule has 1 N–H and O–H groups in total. The third-order valence-electron chi connectivity index (χ3n) is 3.41. The lowest BCUT2D eigenvalue weighted by Gasteiger charge is -2.20. The summed E-state index contributed by atoms with van der Waals surface area (Å²) in [6.07, 6.45) is 3.48. The van der Waals surface area contributed by atoms with E-state index in [0.29, 0.717) is 17.4 Å². The first-order chi connectivity index (χ1) is 9.41. The van der Waals surface area contributed by atoms with Crippen LogP contribution in [0.25, 0.3) is 0 Å². The van der Waals surface area contributed by atoms with Crippen LogP contribution in [0.3, 0.4) is 0 Å². The van der Waals surface area contributed by atoms with Crippen molar-refractivity contribution in [2.24, 2.45) is 0 Å². The van der Waals surface area contributed by atoms with E-state index >= 15 is 0 Å². The van der Waals surface area contributed by atoms with E-state index < -0.39 is 4.92 Å². The quantitative estimate of drug-likeness (QED) is 0.450. The Kier molecular flexibility index (Phi) is 6.38. The Bertz CT molecular complexity index is 449. The van der Waals surface area contributed by atoms with Crippen LogP contribution >= 0.6 is 0 Å². The van der Waals surface area contributed by atoms with Crippen molar-refractivity contribution in [3.63, 3.8) is 0 Å². The van der Waals surface area contributed by atoms with E-state index in [1.54, 1.807) is 13.0 Å². The highest BCUT2D eigenvalue weighted by molar-refractivity contribution is 5.46. The number of nitro groups is 1. The summed E-state index contributed by atoms with van der Waals surface area (Å²) in [7, 11) is 2.12. The molecule has 0 aliphatic rings. The van der Waals surface area contributed by atoms with Gasteiger partial charge in [-0.15, -0.1) is 0 Å². The van der Waals surface area contributed by atoms with Crippen molar-refractivity contribution in [2.45, 2.75) is 39.7 Å². The van der Waals surface area contributed by atoms with Crippen molar-refractivity contribution in [2.75, 3.05) is 25.5 Å². The van der Waals surface area contributed by atoms with E-state index in [0.717, 1.165) is 25.9 Å². The highest BCUT2D eigenvalue weighted by atomic mass is 16.6. The minimum Gasteiger partial charge on any atom is -0.370 e. The molecular weight excluding hydrogens is 256 g/mol. The molecule has 0 atom stereocenters. The van der Waals surface area contributed by atoms with Gasteiger partial charge in [0, 0.05) is 18.2 Å². The third kappa shape index (κ3) is 5.13. The summed E-state index contributed by atoms with van der Waals surface area (Å²) in [6.45, 7) is 7.99. The maximum atomic E-state index is 10.7. The fourth-order valence-corrected chi connectivity index (χ4v) is 1.80.